The molecule has 0 heterocycles. The molecule has 0 aliphatic heterocycles. The van der Waals surface area contributed by atoms with Crippen LogP contribution in [-0.4, -0.2) is 51.6 Å². The van der Waals surface area contributed by atoms with Crippen LogP contribution >= 0.6 is 0 Å². The van der Waals surface area contributed by atoms with Gasteiger partial charge in [-0.3, -0.25) is 0 Å². The minimum atomic E-state index is -0.545. The van der Waals surface area contributed by atoms with E-state index in [0.29, 0.717) is 12.8 Å². The van der Waals surface area contributed by atoms with Gasteiger partial charge in [-0.1, -0.05) is 12.1 Å². The predicted molar refractivity (Wildman–Crippen MR) is 89.2 cm³/mol. The summed E-state index contributed by atoms with van der Waals surface area (Å²) in [5.74, 6) is -1.09. The quantitative estimate of drug-likeness (QED) is 0.611. The molecule has 0 spiro atoms. The normalized spacial score (nSPS) is 13.2. The summed E-state index contributed by atoms with van der Waals surface area (Å²) < 4.78 is 20.6. The molecule has 6 nitrogen and oxygen atoms in total. The van der Waals surface area contributed by atoms with Gasteiger partial charge < -0.3 is 18.9 Å². The van der Waals surface area contributed by atoms with Crippen LogP contribution in [0.1, 0.15) is 47.4 Å². The van der Waals surface area contributed by atoms with Crippen molar-refractivity contribution in [2.75, 3.05) is 27.4 Å². The third-order valence-corrected chi connectivity index (χ3v) is 3.69. The molecule has 1 aromatic rings. The molecule has 0 saturated carbocycles. The van der Waals surface area contributed by atoms with Crippen LogP contribution in [0.15, 0.2) is 24.3 Å². The second-order valence-corrected chi connectivity index (χ2v) is 5.49. The number of methoxy groups -OCH3 is 2. The summed E-state index contributed by atoms with van der Waals surface area (Å²) in [6, 6.07) is 6.46. The highest BCUT2D eigenvalue weighted by Crippen LogP contribution is 2.13. The number of ether oxygens (including phenoxy) is 4. The molecular weight excluding hydrogens is 312 g/mol. The Morgan fingerprint density at radius 3 is 1.54 bits per heavy atom. The zero-order valence-corrected chi connectivity index (χ0v) is 14.7. The average Bonchev–Trinajstić information content (AvgIpc) is 2.60. The molecule has 1 aromatic carbocycles. The standard InChI is InChI=1S/C18H26O6/c1-13(21-3)9-11-23-17(19)15-7-5-6-8-16(15)18(20)24-12-10-14(2)22-4/h5-8,13-14H,9-12H2,1-4H3. The molecule has 0 aromatic heterocycles. The van der Waals surface area contributed by atoms with Crippen LogP contribution in [0.5, 0.6) is 0 Å². The molecule has 0 radical (unpaired) electrons. The fourth-order valence-electron chi connectivity index (χ4n) is 1.87. The Hall–Kier alpha value is -1.92. The summed E-state index contributed by atoms with van der Waals surface area (Å²) in [4.78, 5) is 24.4. The number of carbonyl (C=O) groups is 2. The summed E-state index contributed by atoms with van der Waals surface area (Å²) in [5.41, 5.74) is 0.403. The van der Waals surface area contributed by atoms with Crippen LogP contribution in [0.3, 0.4) is 0 Å². The van der Waals surface area contributed by atoms with Crippen LogP contribution in [0.25, 0.3) is 0 Å². The van der Waals surface area contributed by atoms with Gasteiger partial charge in [-0.2, -0.15) is 0 Å². The zero-order valence-electron chi connectivity index (χ0n) is 14.7. The maximum atomic E-state index is 12.2. The average molecular weight is 338 g/mol. The fourth-order valence-corrected chi connectivity index (χ4v) is 1.87. The third kappa shape index (κ3) is 6.68. The lowest BCUT2D eigenvalue weighted by Crippen LogP contribution is -2.17. The number of benzene rings is 1. The molecular formula is C18H26O6. The zero-order chi connectivity index (χ0) is 17.9. The maximum Gasteiger partial charge on any atom is 0.339 e. The van der Waals surface area contributed by atoms with E-state index in [2.05, 4.69) is 0 Å². The first kappa shape index (κ1) is 20.1. The number of esters is 2. The Morgan fingerprint density at radius 2 is 1.21 bits per heavy atom. The number of hydrogen-bond acceptors (Lipinski definition) is 6. The molecule has 0 aliphatic carbocycles. The second-order valence-electron chi connectivity index (χ2n) is 5.49. The van der Waals surface area contributed by atoms with Crippen molar-refractivity contribution in [3.8, 4) is 0 Å². The molecule has 1 rings (SSSR count). The molecule has 24 heavy (non-hydrogen) atoms. The van der Waals surface area contributed by atoms with Crippen LogP contribution in [0.4, 0.5) is 0 Å². The Kier molecular flexibility index (Phi) is 9.04. The van der Waals surface area contributed by atoms with E-state index in [1.54, 1.807) is 38.5 Å². The first-order valence-electron chi connectivity index (χ1n) is 7.98. The minimum absolute atomic E-state index is 0.000725. The van der Waals surface area contributed by atoms with Gasteiger partial charge >= 0.3 is 11.9 Å². The van der Waals surface area contributed by atoms with Crippen LogP contribution in [0, 0.1) is 0 Å². The van der Waals surface area contributed by atoms with Crippen LogP contribution in [0.2, 0.25) is 0 Å². The van der Waals surface area contributed by atoms with Gasteiger partial charge in [-0.05, 0) is 26.0 Å². The third-order valence-electron chi connectivity index (χ3n) is 3.69. The molecule has 2 unspecified atom stereocenters. The van der Waals surface area contributed by atoms with Crippen LogP contribution in [-0.2, 0) is 18.9 Å². The highest BCUT2D eigenvalue weighted by Gasteiger charge is 2.19. The van der Waals surface area contributed by atoms with Gasteiger partial charge in [0.05, 0.1) is 36.5 Å². The molecule has 0 fully saturated rings. The van der Waals surface area contributed by atoms with E-state index in [-0.39, 0.29) is 36.5 Å². The highest BCUT2D eigenvalue weighted by atomic mass is 16.5. The van der Waals surface area contributed by atoms with Gasteiger partial charge in [0.15, 0.2) is 0 Å². The highest BCUT2D eigenvalue weighted by molar-refractivity contribution is 6.03. The lowest BCUT2D eigenvalue weighted by Gasteiger charge is -2.12. The molecule has 2 atom stereocenters. The van der Waals surface area contributed by atoms with E-state index >= 15 is 0 Å². The van der Waals surface area contributed by atoms with E-state index < -0.39 is 11.9 Å². The summed E-state index contributed by atoms with van der Waals surface area (Å²) in [7, 11) is 3.20. The van der Waals surface area contributed by atoms with Crippen molar-refractivity contribution >= 4 is 11.9 Å². The van der Waals surface area contributed by atoms with Gasteiger partial charge in [0, 0.05) is 27.1 Å². The Bertz CT molecular complexity index is 481. The Labute approximate surface area is 143 Å². The molecule has 0 bridgehead atoms. The van der Waals surface area contributed by atoms with Gasteiger partial charge in [-0.25, -0.2) is 9.59 Å². The van der Waals surface area contributed by atoms with Gasteiger partial charge in [0.1, 0.15) is 0 Å². The van der Waals surface area contributed by atoms with Crippen molar-refractivity contribution in [1.29, 1.82) is 0 Å². The molecule has 0 amide bonds. The van der Waals surface area contributed by atoms with Crippen molar-refractivity contribution in [3.63, 3.8) is 0 Å². The largest absolute Gasteiger partial charge is 0.462 e. The van der Waals surface area contributed by atoms with E-state index in [9.17, 15) is 9.59 Å². The predicted octanol–water partition coefficient (Wildman–Crippen LogP) is 2.85. The van der Waals surface area contributed by atoms with Crippen LogP contribution < -0.4 is 0 Å². The van der Waals surface area contributed by atoms with E-state index in [0.717, 1.165) is 0 Å². The van der Waals surface area contributed by atoms with Gasteiger partial charge in [-0.15, -0.1) is 0 Å². The number of hydrogen-bond donors (Lipinski definition) is 0. The molecule has 6 heteroatoms. The molecule has 0 N–H and O–H groups in total. The van der Waals surface area contributed by atoms with Gasteiger partial charge in [0.2, 0.25) is 0 Å². The van der Waals surface area contributed by atoms with Crippen molar-refractivity contribution in [2.45, 2.75) is 38.9 Å². The number of rotatable bonds is 10. The Balaban J connectivity index is 2.63. The number of carbonyl (C=O) groups excluding carboxylic acids is 2. The summed E-state index contributed by atoms with van der Waals surface area (Å²) in [6.07, 6.45) is 1.18. The monoisotopic (exact) mass is 338 g/mol. The smallest absolute Gasteiger partial charge is 0.339 e. The maximum absolute atomic E-state index is 12.2. The topological polar surface area (TPSA) is 71.1 Å². The van der Waals surface area contributed by atoms with E-state index in [4.69, 9.17) is 18.9 Å². The van der Waals surface area contributed by atoms with Crippen molar-refractivity contribution in [2.24, 2.45) is 0 Å². The molecule has 0 saturated heterocycles. The lowest BCUT2D eigenvalue weighted by molar-refractivity contribution is 0.0347. The summed E-state index contributed by atoms with van der Waals surface area (Å²) >= 11 is 0. The Morgan fingerprint density at radius 1 is 0.833 bits per heavy atom. The first-order chi connectivity index (χ1) is 11.5. The first-order valence-corrected chi connectivity index (χ1v) is 7.98. The van der Waals surface area contributed by atoms with E-state index in [1.165, 1.54) is 0 Å². The van der Waals surface area contributed by atoms with Crippen molar-refractivity contribution in [3.05, 3.63) is 35.4 Å². The van der Waals surface area contributed by atoms with Gasteiger partial charge in [0.25, 0.3) is 0 Å². The van der Waals surface area contributed by atoms with Crippen molar-refractivity contribution < 1.29 is 28.5 Å². The summed E-state index contributed by atoms with van der Waals surface area (Å²) in [6.45, 7) is 4.23. The second kappa shape index (κ2) is 10.8. The molecule has 134 valence electrons. The summed E-state index contributed by atoms with van der Waals surface area (Å²) in [5, 5.41) is 0. The lowest BCUT2D eigenvalue weighted by atomic mass is 10.1. The SMILES string of the molecule is COC(C)CCOC(=O)c1ccccc1C(=O)OCCC(C)OC. The fraction of sp³-hybridized carbons (Fsp3) is 0.556. The van der Waals surface area contributed by atoms with Crippen molar-refractivity contribution in [1.82, 2.24) is 0 Å². The molecule has 0 aliphatic rings. The van der Waals surface area contributed by atoms with E-state index in [1.807, 2.05) is 13.8 Å². The minimum Gasteiger partial charge on any atom is -0.462 e.